The van der Waals surface area contributed by atoms with Crippen molar-refractivity contribution in [2.45, 2.75) is 19.6 Å². The Morgan fingerprint density at radius 1 is 1.36 bits per heavy atom. The van der Waals surface area contributed by atoms with E-state index in [1.165, 1.54) is 0 Å². The molecule has 0 saturated heterocycles. The molecule has 0 bridgehead atoms. The first-order valence-corrected chi connectivity index (χ1v) is 6.58. The van der Waals surface area contributed by atoms with E-state index in [1.54, 1.807) is 41.3 Å². The second-order valence-electron chi connectivity index (χ2n) is 4.55. The molecule has 0 spiro atoms. The molecule has 3 aromatic rings. The van der Waals surface area contributed by atoms with E-state index in [0.717, 1.165) is 0 Å². The Hall–Kier alpha value is -3.21. The van der Waals surface area contributed by atoms with E-state index >= 15 is 0 Å². The van der Waals surface area contributed by atoms with Gasteiger partial charge in [0.15, 0.2) is 11.9 Å². The molecule has 22 heavy (non-hydrogen) atoms. The molecular weight excluding hydrogens is 284 g/mol. The van der Waals surface area contributed by atoms with Gasteiger partial charge in [0.2, 0.25) is 0 Å². The van der Waals surface area contributed by atoms with Crippen molar-refractivity contribution in [2.24, 2.45) is 0 Å². The normalized spacial score (nSPS) is 11.8. The molecule has 1 aromatic carbocycles. The standard InChI is InChI=1S/C14H12N6O2/c1-10(21-12-4-2-11(8-15)3-5-12)14-17-13(18-22-14)9-20-7-6-16-19-20/h2-7,10H,9H2,1H3. The Morgan fingerprint density at radius 2 is 2.18 bits per heavy atom. The van der Waals surface area contributed by atoms with Gasteiger partial charge in [-0.25, -0.2) is 4.68 Å². The molecule has 0 saturated carbocycles. The lowest BCUT2D eigenvalue weighted by Crippen LogP contribution is -2.05. The van der Waals surface area contributed by atoms with Gasteiger partial charge in [0.25, 0.3) is 5.89 Å². The first-order valence-electron chi connectivity index (χ1n) is 6.58. The fourth-order valence-corrected chi connectivity index (χ4v) is 1.82. The van der Waals surface area contributed by atoms with Crippen LogP contribution in [0.25, 0.3) is 0 Å². The van der Waals surface area contributed by atoms with Crippen LogP contribution < -0.4 is 4.74 Å². The Labute approximate surface area is 125 Å². The largest absolute Gasteiger partial charge is 0.481 e. The predicted octanol–water partition coefficient (Wildman–Crippen LogP) is 1.72. The molecule has 2 aromatic heterocycles. The van der Waals surface area contributed by atoms with Crippen LogP contribution in [0.15, 0.2) is 41.2 Å². The maximum absolute atomic E-state index is 8.76. The van der Waals surface area contributed by atoms with Gasteiger partial charge in [-0.15, -0.1) is 5.10 Å². The predicted molar refractivity (Wildman–Crippen MR) is 73.6 cm³/mol. The van der Waals surface area contributed by atoms with Gasteiger partial charge in [-0.2, -0.15) is 10.2 Å². The Bertz CT molecular complexity index is 773. The minimum atomic E-state index is -0.398. The molecule has 2 heterocycles. The van der Waals surface area contributed by atoms with E-state index in [9.17, 15) is 0 Å². The molecule has 0 radical (unpaired) electrons. The number of nitriles is 1. The zero-order chi connectivity index (χ0) is 15.4. The van der Waals surface area contributed by atoms with Gasteiger partial charge in [-0.1, -0.05) is 10.4 Å². The number of nitrogens with zero attached hydrogens (tertiary/aromatic N) is 6. The average molecular weight is 296 g/mol. The second-order valence-corrected chi connectivity index (χ2v) is 4.55. The van der Waals surface area contributed by atoms with Crippen LogP contribution in [-0.2, 0) is 6.54 Å². The topological polar surface area (TPSA) is 103 Å². The molecule has 110 valence electrons. The van der Waals surface area contributed by atoms with E-state index in [-0.39, 0.29) is 0 Å². The van der Waals surface area contributed by atoms with Gasteiger partial charge in [0, 0.05) is 6.20 Å². The van der Waals surface area contributed by atoms with Crippen molar-refractivity contribution >= 4 is 0 Å². The molecule has 8 nitrogen and oxygen atoms in total. The average Bonchev–Trinajstić information content (AvgIpc) is 3.20. The maximum atomic E-state index is 8.76. The summed E-state index contributed by atoms with van der Waals surface area (Å²) in [4.78, 5) is 4.27. The van der Waals surface area contributed by atoms with Gasteiger partial charge in [-0.3, -0.25) is 0 Å². The highest BCUT2D eigenvalue weighted by molar-refractivity contribution is 5.34. The third kappa shape index (κ3) is 3.09. The molecule has 0 aliphatic heterocycles. The zero-order valence-electron chi connectivity index (χ0n) is 11.7. The van der Waals surface area contributed by atoms with Crippen molar-refractivity contribution in [3.05, 3.63) is 53.9 Å². The Kier molecular flexibility index (Phi) is 3.78. The van der Waals surface area contributed by atoms with Gasteiger partial charge >= 0.3 is 0 Å². The summed E-state index contributed by atoms with van der Waals surface area (Å²) in [5.74, 6) is 1.50. The van der Waals surface area contributed by atoms with Crippen molar-refractivity contribution in [1.82, 2.24) is 25.1 Å². The highest BCUT2D eigenvalue weighted by Gasteiger charge is 2.16. The molecule has 1 unspecified atom stereocenters. The van der Waals surface area contributed by atoms with Crippen LogP contribution in [0.4, 0.5) is 0 Å². The summed E-state index contributed by atoms with van der Waals surface area (Å²) in [5.41, 5.74) is 0.577. The molecule has 0 aliphatic rings. The van der Waals surface area contributed by atoms with Crippen LogP contribution in [0.1, 0.15) is 30.3 Å². The van der Waals surface area contributed by atoms with Gasteiger partial charge in [-0.05, 0) is 31.2 Å². The van der Waals surface area contributed by atoms with Crippen LogP contribution in [0.5, 0.6) is 5.75 Å². The monoisotopic (exact) mass is 296 g/mol. The summed E-state index contributed by atoms with van der Waals surface area (Å²) in [6.07, 6.45) is 2.90. The fourth-order valence-electron chi connectivity index (χ4n) is 1.82. The molecule has 0 amide bonds. The zero-order valence-corrected chi connectivity index (χ0v) is 11.7. The first kappa shape index (κ1) is 13.8. The van der Waals surface area contributed by atoms with E-state index in [1.807, 2.05) is 6.92 Å². The van der Waals surface area contributed by atoms with Gasteiger partial charge < -0.3 is 9.26 Å². The Balaban J connectivity index is 1.65. The maximum Gasteiger partial charge on any atom is 0.267 e. The molecule has 0 aliphatic carbocycles. The second kappa shape index (κ2) is 6.05. The van der Waals surface area contributed by atoms with Crippen LogP contribution >= 0.6 is 0 Å². The number of benzene rings is 1. The highest BCUT2D eigenvalue weighted by atomic mass is 16.5. The molecule has 0 fully saturated rings. The van der Waals surface area contributed by atoms with Crippen molar-refractivity contribution in [1.29, 1.82) is 5.26 Å². The van der Waals surface area contributed by atoms with Crippen molar-refractivity contribution in [3.8, 4) is 11.8 Å². The minimum absolute atomic E-state index is 0.375. The van der Waals surface area contributed by atoms with Crippen LogP contribution in [0.3, 0.4) is 0 Å². The van der Waals surface area contributed by atoms with Crippen molar-refractivity contribution in [3.63, 3.8) is 0 Å². The van der Waals surface area contributed by atoms with Crippen LogP contribution in [0.2, 0.25) is 0 Å². The van der Waals surface area contributed by atoms with Crippen molar-refractivity contribution < 1.29 is 9.26 Å². The molecular formula is C14H12N6O2. The lowest BCUT2D eigenvalue weighted by Gasteiger charge is -2.10. The minimum Gasteiger partial charge on any atom is -0.481 e. The summed E-state index contributed by atoms with van der Waals surface area (Å²) < 4.78 is 12.5. The summed E-state index contributed by atoms with van der Waals surface area (Å²) in [7, 11) is 0. The third-order valence-corrected chi connectivity index (χ3v) is 2.90. The third-order valence-electron chi connectivity index (χ3n) is 2.90. The van der Waals surface area contributed by atoms with E-state index in [2.05, 4.69) is 26.5 Å². The fraction of sp³-hybridized carbons (Fsp3) is 0.214. The molecule has 0 N–H and O–H groups in total. The summed E-state index contributed by atoms with van der Waals surface area (Å²) >= 11 is 0. The summed E-state index contributed by atoms with van der Waals surface area (Å²) in [5, 5.41) is 20.2. The SMILES string of the molecule is CC(Oc1ccc(C#N)cc1)c1nc(Cn2ccnn2)no1. The summed E-state index contributed by atoms with van der Waals surface area (Å²) in [6.45, 7) is 2.19. The lowest BCUT2D eigenvalue weighted by molar-refractivity contribution is 0.175. The van der Waals surface area contributed by atoms with Gasteiger partial charge in [0.1, 0.15) is 12.3 Å². The van der Waals surface area contributed by atoms with Gasteiger partial charge in [0.05, 0.1) is 17.8 Å². The van der Waals surface area contributed by atoms with Crippen LogP contribution in [-0.4, -0.2) is 25.1 Å². The number of rotatable bonds is 5. The molecule has 1 atom stereocenters. The molecule has 8 heteroatoms. The lowest BCUT2D eigenvalue weighted by atomic mass is 10.2. The van der Waals surface area contributed by atoms with Crippen LogP contribution in [0, 0.1) is 11.3 Å². The summed E-state index contributed by atoms with van der Waals surface area (Å²) in [6, 6.07) is 8.87. The highest BCUT2D eigenvalue weighted by Crippen LogP contribution is 2.20. The van der Waals surface area contributed by atoms with E-state index in [0.29, 0.717) is 29.6 Å². The smallest absolute Gasteiger partial charge is 0.267 e. The Morgan fingerprint density at radius 3 is 2.86 bits per heavy atom. The molecule has 3 rings (SSSR count). The number of hydrogen-bond acceptors (Lipinski definition) is 7. The van der Waals surface area contributed by atoms with Crippen molar-refractivity contribution in [2.75, 3.05) is 0 Å². The number of ether oxygens (including phenoxy) is 1. The first-order chi connectivity index (χ1) is 10.7. The quantitative estimate of drug-likeness (QED) is 0.706. The number of aromatic nitrogens is 5. The van der Waals surface area contributed by atoms with E-state index < -0.39 is 6.10 Å². The van der Waals surface area contributed by atoms with E-state index in [4.69, 9.17) is 14.5 Å². The number of hydrogen-bond donors (Lipinski definition) is 0.